The van der Waals surface area contributed by atoms with Gasteiger partial charge >= 0.3 is 0 Å². The molecule has 1 aliphatic rings. The first-order valence-corrected chi connectivity index (χ1v) is 13.1. The Morgan fingerprint density at radius 3 is 2.03 bits per heavy atom. The van der Waals surface area contributed by atoms with E-state index in [0.717, 1.165) is 29.3 Å². The lowest BCUT2D eigenvalue weighted by molar-refractivity contribution is 0.374. The van der Waals surface area contributed by atoms with E-state index in [9.17, 15) is 16.8 Å². The first-order valence-electron chi connectivity index (χ1n) is 10.2. The normalized spacial score (nSPS) is 18.8. The SMILES string of the molecule is CN(c1ccccc1NS(=O)(=O)c1ccc(S(=O)(=O)N(C)C)cc1)C1CCC(C)(C)C1. The number of nitrogens with one attached hydrogen (secondary N) is 1. The molecule has 0 saturated heterocycles. The number of anilines is 2. The van der Waals surface area contributed by atoms with Crippen LogP contribution in [0.3, 0.4) is 0 Å². The van der Waals surface area contributed by atoms with E-state index in [1.165, 1.54) is 38.4 Å². The lowest BCUT2D eigenvalue weighted by Gasteiger charge is -2.30. The molecule has 2 aromatic carbocycles. The lowest BCUT2D eigenvalue weighted by Crippen LogP contribution is -2.31. The summed E-state index contributed by atoms with van der Waals surface area (Å²) in [5, 5.41) is 0. The van der Waals surface area contributed by atoms with Crippen LogP contribution in [0.2, 0.25) is 0 Å². The van der Waals surface area contributed by atoms with Crippen molar-refractivity contribution >= 4 is 31.4 Å². The molecule has 0 amide bonds. The second kappa shape index (κ2) is 8.44. The zero-order valence-corrected chi connectivity index (χ0v) is 20.3. The fourth-order valence-corrected chi connectivity index (χ4v) is 5.98. The summed E-state index contributed by atoms with van der Waals surface area (Å²) in [6.45, 7) is 4.52. The number of hydrogen-bond acceptors (Lipinski definition) is 5. The molecule has 0 bridgehead atoms. The van der Waals surface area contributed by atoms with Crippen LogP contribution in [0, 0.1) is 5.41 Å². The lowest BCUT2D eigenvalue weighted by atomic mass is 9.91. The third-order valence-electron chi connectivity index (χ3n) is 5.93. The third kappa shape index (κ3) is 5.05. The first-order chi connectivity index (χ1) is 14.3. The van der Waals surface area contributed by atoms with Gasteiger partial charge < -0.3 is 4.90 Å². The number of nitrogens with zero attached hydrogens (tertiary/aromatic N) is 2. The molecule has 1 aliphatic carbocycles. The second-order valence-corrected chi connectivity index (χ2v) is 12.9. The number of rotatable bonds is 7. The second-order valence-electron chi connectivity index (χ2n) is 9.05. The van der Waals surface area contributed by atoms with Crippen molar-refractivity contribution in [2.75, 3.05) is 30.8 Å². The Kier molecular flexibility index (Phi) is 6.42. The molecule has 0 aromatic heterocycles. The average molecular weight is 466 g/mol. The van der Waals surface area contributed by atoms with E-state index < -0.39 is 20.0 Å². The monoisotopic (exact) mass is 465 g/mol. The summed E-state index contributed by atoms with van der Waals surface area (Å²) in [6, 6.07) is 12.9. The number of para-hydroxylation sites is 2. The van der Waals surface area contributed by atoms with Gasteiger partial charge in [0.1, 0.15) is 0 Å². The van der Waals surface area contributed by atoms with Crippen molar-refractivity contribution in [2.24, 2.45) is 5.41 Å². The zero-order valence-electron chi connectivity index (χ0n) is 18.7. The summed E-state index contributed by atoms with van der Waals surface area (Å²) in [7, 11) is -2.64. The van der Waals surface area contributed by atoms with Crippen LogP contribution in [-0.2, 0) is 20.0 Å². The van der Waals surface area contributed by atoms with Gasteiger partial charge in [0.15, 0.2) is 0 Å². The highest BCUT2D eigenvalue weighted by atomic mass is 32.2. The molecule has 0 aliphatic heterocycles. The largest absolute Gasteiger partial charge is 0.370 e. The molecule has 1 saturated carbocycles. The predicted octanol–water partition coefficient (Wildman–Crippen LogP) is 3.75. The molecule has 1 atom stereocenters. The van der Waals surface area contributed by atoms with E-state index >= 15 is 0 Å². The summed E-state index contributed by atoms with van der Waals surface area (Å²) in [5.41, 5.74) is 1.60. The van der Waals surface area contributed by atoms with Crippen molar-refractivity contribution in [2.45, 2.75) is 48.9 Å². The summed E-state index contributed by atoms with van der Waals surface area (Å²) < 4.78 is 54.2. The minimum absolute atomic E-state index is 0.00432. The van der Waals surface area contributed by atoms with Gasteiger partial charge in [-0.3, -0.25) is 4.72 Å². The van der Waals surface area contributed by atoms with E-state index in [1.54, 1.807) is 12.1 Å². The van der Waals surface area contributed by atoms with Crippen molar-refractivity contribution in [3.8, 4) is 0 Å². The van der Waals surface area contributed by atoms with E-state index in [1.807, 2.05) is 19.2 Å². The van der Waals surface area contributed by atoms with Crippen molar-refractivity contribution in [3.05, 3.63) is 48.5 Å². The van der Waals surface area contributed by atoms with Gasteiger partial charge in [0.05, 0.1) is 21.2 Å². The van der Waals surface area contributed by atoms with E-state index in [2.05, 4.69) is 23.5 Å². The minimum atomic E-state index is -3.88. The van der Waals surface area contributed by atoms with Crippen molar-refractivity contribution in [1.82, 2.24) is 4.31 Å². The molecule has 1 fully saturated rings. The number of sulfonamides is 2. The third-order valence-corrected chi connectivity index (χ3v) is 9.14. The van der Waals surface area contributed by atoms with Crippen molar-refractivity contribution in [1.29, 1.82) is 0 Å². The maximum absolute atomic E-state index is 13.0. The fourth-order valence-electron chi connectivity index (χ4n) is 4.00. The molecule has 0 spiro atoms. The molecule has 3 rings (SSSR count). The van der Waals surface area contributed by atoms with Crippen LogP contribution in [0.5, 0.6) is 0 Å². The van der Waals surface area contributed by atoms with Crippen LogP contribution in [0.4, 0.5) is 11.4 Å². The summed E-state index contributed by atoms with van der Waals surface area (Å²) >= 11 is 0. The summed E-state index contributed by atoms with van der Waals surface area (Å²) in [4.78, 5) is 2.20. The predicted molar refractivity (Wildman–Crippen MR) is 124 cm³/mol. The number of benzene rings is 2. The molecular formula is C22H31N3O4S2. The number of hydrogen-bond donors (Lipinski definition) is 1. The average Bonchev–Trinajstić information content (AvgIpc) is 3.07. The van der Waals surface area contributed by atoms with E-state index in [0.29, 0.717) is 11.7 Å². The molecule has 31 heavy (non-hydrogen) atoms. The molecule has 2 aromatic rings. The molecular weight excluding hydrogens is 434 g/mol. The summed E-state index contributed by atoms with van der Waals surface area (Å²) in [5.74, 6) is 0. The van der Waals surface area contributed by atoms with Gasteiger partial charge in [-0.2, -0.15) is 0 Å². The van der Waals surface area contributed by atoms with Crippen molar-refractivity contribution < 1.29 is 16.8 Å². The molecule has 170 valence electrons. The molecule has 9 heteroatoms. The van der Waals surface area contributed by atoms with Crippen LogP contribution in [-0.4, -0.2) is 48.3 Å². The maximum atomic E-state index is 13.0. The zero-order chi connectivity index (χ0) is 23.0. The van der Waals surface area contributed by atoms with Gasteiger partial charge in [0.2, 0.25) is 10.0 Å². The van der Waals surface area contributed by atoms with Gasteiger partial charge in [-0.1, -0.05) is 26.0 Å². The van der Waals surface area contributed by atoms with Gasteiger partial charge in [-0.05, 0) is 61.1 Å². The molecule has 0 radical (unpaired) electrons. The smallest absolute Gasteiger partial charge is 0.261 e. The maximum Gasteiger partial charge on any atom is 0.261 e. The van der Waals surface area contributed by atoms with Crippen molar-refractivity contribution in [3.63, 3.8) is 0 Å². The highest BCUT2D eigenvalue weighted by molar-refractivity contribution is 7.92. The Morgan fingerprint density at radius 2 is 1.48 bits per heavy atom. The van der Waals surface area contributed by atoms with Gasteiger partial charge in [0, 0.05) is 27.2 Å². The Morgan fingerprint density at radius 1 is 0.903 bits per heavy atom. The standard InChI is InChI=1S/C22H31N3O4S2/c1-22(2)15-14-17(16-22)25(5)21-9-7-6-8-20(21)23-30(26,27)18-10-12-19(13-11-18)31(28,29)24(3)4/h6-13,17,23H,14-16H2,1-5H3. The summed E-state index contributed by atoms with van der Waals surface area (Å²) in [6.07, 6.45) is 3.25. The minimum Gasteiger partial charge on any atom is -0.370 e. The molecule has 0 heterocycles. The molecule has 1 N–H and O–H groups in total. The van der Waals surface area contributed by atoms with Gasteiger partial charge in [-0.15, -0.1) is 0 Å². The highest BCUT2D eigenvalue weighted by Crippen LogP contribution is 2.41. The first kappa shape index (κ1) is 23.6. The van der Waals surface area contributed by atoms with Crippen LogP contribution < -0.4 is 9.62 Å². The van der Waals surface area contributed by atoms with E-state index in [-0.39, 0.29) is 15.2 Å². The van der Waals surface area contributed by atoms with Crippen LogP contribution >= 0.6 is 0 Å². The Hall–Kier alpha value is -2.10. The molecule has 1 unspecified atom stereocenters. The van der Waals surface area contributed by atoms with Crippen LogP contribution in [0.1, 0.15) is 33.1 Å². The topological polar surface area (TPSA) is 86.8 Å². The van der Waals surface area contributed by atoms with E-state index in [4.69, 9.17) is 0 Å². The Labute approximate surface area is 186 Å². The van der Waals surface area contributed by atoms with Gasteiger partial charge in [-0.25, -0.2) is 21.1 Å². The van der Waals surface area contributed by atoms with Crippen LogP contribution in [0.15, 0.2) is 58.3 Å². The molecule has 7 nitrogen and oxygen atoms in total. The van der Waals surface area contributed by atoms with Gasteiger partial charge in [0.25, 0.3) is 10.0 Å². The van der Waals surface area contributed by atoms with Crippen LogP contribution in [0.25, 0.3) is 0 Å². The Bertz CT molecular complexity index is 1140. The highest BCUT2D eigenvalue weighted by Gasteiger charge is 2.34. The fraction of sp³-hybridized carbons (Fsp3) is 0.455. The quantitative estimate of drug-likeness (QED) is 0.673. The Balaban J connectivity index is 1.86.